The minimum atomic E-state index is -0.798. The van der Waals surface area contributed by atoms with Crippen LogP contribution < -0.4 is 10.6 Å². The number of nitrogens with zero attached hydrogens (tertiary/aromatic N) is 4. The van der Waals surface area contributed by atoms with E-state index in [1.54, 1.807) is 19.6 Å². The van der Waals surface area contributed by atoms with Crippen molar-refractivity contribution in [3.63, 3.8) is 0 Å². The zero-order valence-electron chi connectivity index (χ0n) is 40.3. The van der Waals surface area contributed by atoms with Gasteiger partial charge >= 0.3 is 12.1 Å². The summed E-state index contributed by atoms with van der Waals surface area (Å²) in [5, 5.41) is 27.7. The van der Waals surface area contributed by atoms with Gasteiger partial charge in [-0.3, -0.25) is 19.4 Å². The van der Waals surface area contributed by atoms with Crippen LogP contribution in [-0.4, -0.2) is 103 Å². The Morgan fingerprint density at radius 3 is 1.21 bits per heavy atom. The van der Waals surface area contributed by atoms with Crippen LogP contribution in [0.2, 0.25) is 0 Å². The number of nitrogens with one attached hydrogen (secondary N) is 2. The second-order valence-corrected chi connectivity index (χ2v) is 20.1. The number of carbonyl (C=O) groups is 4. The Hall–Kier alpha value is -4.16. The van der Waals surface area contributed by atoms with E-state index in [9.17, 15) is 29.4 Å². The summed E-state index contributed by atoms with van der Waals surface area (Å²) < 4.78 is 0. The largest absolute Gasteiger partial charge is 0.373 e. The number of aliphatic hydroxyl groups excluding tert-OH is 2. The van der Waals surface area contributed by atoms with Gasteiger partial charge in [-0.2, -0.15) is 0 Å². The third-order valence-electron chi connectivity index (χ3n) is 14.0. The van der Waals surface area contributed by atoms with E-state index in [-0.39, 0.29) is 71.7 Å². The van der Waals surface area contributed by atoms with Crippen LogP contribution in [0.5, 0.6) is 0 Å². The molecule has 2 saturated heterocycles. The van der Waals surface area contributed by atoms with Crippen LogP contribution in [0.25, 0.3) is 0 Å². The highest BCUT2D eigenvalue weighted by atomic mass is 16.3. The van der Waals surface area contributed by atoms with Gasteiger partial charge < -0.3 is 30.6 Å². The predicted molar refractivity (Wildman–Crippen MR) is 253 cm³/mol. The second kappa shape index (κ2) is 21.7. The number of rotatable bonds is 15. The highest BCUT2D eigenvalue weighted by Gasteiger charge is 2.53. The van der Waals surface area contributed by atoms with Crippen molar-refractivity contribution >= 4 is 35.3 Å². The summed E-state index contributed by atoms with van der Waals surface area (Å²) >= 11 is 0. The van der Waals surface area contributed by atoms with E-state index in [1.807, 2.05) is 26.0 Å². The highest BCUT2D eigenvalue weighted by molar-refractivity contribution is 5.97. The van der Waals surface area contributed by atoms with E-state index in [0.29, 0.717) is 25.9 Å². The van der Waals surface area contributed by atoms with Crippen LogP contribution in [0.1, 0.15) is 199 Å². The van der Waals surface area contributed by atoms with Crippen molar-refractivity contribution in [2.75, 3.05) is 36.8 Å². The molecule has 4 N–H and O–H groups in total. The lowest BCUT2D eigenvalue weighted by atomic mass is 9.81. The molecule has 2 unspecified atom stereocenters. The SMILES string of the molecule is CCC(O)N1C(=O)N(CC(=O)Nc2c(C(C)C)cccc2C(C)C)CC12CCCCC2.CCCC(O)N1C(=O)N(CC(=O)Nc2c(C(C)C)cccc2C(C)C)CC12CCCCC2. The molecular formula is C51H80N6O6. The molecule has 6 amide bonds. The van der Waals surface area contributed by atoms with Crippen LogP contribution >= 0.6 is 0 Å². The van der Waals surface area contributed by atoms with Crippen LogP contribution in [-0.2, 0) is 9.59 Å². The van der Waals surface area contributed by atoms with Gasteiger partial charge in [0.05, 0.1) is 11.1 Å². The fraction of sp³-hybridized carbons (Fsp3) is 0.686. The minimum Gasteiger partial charge on any atom is -0.373 e. The van der Waals surface area contributed by atoms with Gasteiger partial charge in [-0.25, -0.2) is 9.59 Å². The van der Waals surface area contributed by atoms with Gasteiger partial charge in [-0.05, 0) is 84.5 Å². The van der Waals surface area contributed by atoms with Gasteiger partial charge in [0.2, 0.25) is 11.8 Å². The van der Waals surface area contributed by atoms with Crippen molar-refractivity contribution in [3.05, 3.63) is 58.7 Å². The summed E-state index contributed by atoms with van der Waals surface area (Å²) in [5.74, 6) is 0.768. The zero-order chi connectivity index (χ0) is 46.2. The lowest BCUT2D eigenvalue weighted by molar-refractivity contribution is -0.117. The number of hydrogen-bond acceptors (Lipinski definition) is 6. The Labute approximate surface area is 378 Å². The summed E-state index contributed by atoms with van der Waals surface area (Å²) in [4.78, 5) is 59.5. The van der Waals surface area contributed by atoms with Crippen molar-refractivity contribution in [1.82, 2.24) is 19.6 Å². The minimum absolute atomic E-state index is 0.0114. The molecule has 63 heavy (non-hydrogen) atoms. The summed E-state index contributed by atoms with van der Waals surface area (Å²) in [6, 6.07) is 11.9. The van der Waals surface area contributed by atoms with Gasteiger partial charge in [-0.15, -0.1) is 0 Å². The summed E-state index contributed by atoms with van der Waals surface area (Å²) in [5.41, 5.74) is 5.51. The first-order valence-electron chi connectivity index (χ1n) is 24.3. The molecule has 4 aliphatic rings. The highest BCUT2D eigenvalue weighted by Crippen LogP contribution is 2.43. The first kappa shape index (κ1) is 49.8. The third-order valence-corrected chi connectivity index (χ3v) is 14.0. The van der Waals surface area contributed by atoms with Gasteiger partial charge in [0.1, 0.15) is 25.5 Å². The van der Waals surface area contributed by atoms with E-state index < -0.39 is 12.5 Å². The normalized spacial score (nSPS) is 19.4. The Morgan fingerprint density at radius 2 is 0.905 bits per heavy atom. The number of benzene rings is 2. The topological polar surface area (TPSA) is 146 Å². The number of urea groups is 2. The van der Waals surface area contributed by atoms with Crippen LogP contribution in [0.3, 0.4) is 0 Å². The summed E-state index contributed by atoms with van der Waals surface area (Å²) in [6.45, 7) is 21.9. The monoisotopic (exact) mass is 873 g/mol. The molecule has 350 valence electrons. The molecule has 2 spiro atoms. The smallest absolute Gasteiger partial charge is 0.323 e. The van der Waals surface area contributed by atoms with E-state index in [0.717, 1.165) is 104 Å². The molecule has 12 heteroatoms. The lowest BCUT2D eigenvalue weighted by Gasteiger charge is -2.42. The third kappa shape index (κ3) is 11.2. The van der Waals surface area contributed by atoms with Crippen molar-refractivity contribution < 1.29 is 29.4 Å². The van der Waals surface area contributed by atoms with Crippen molar-refractivity contribution in [1.29, 1.82) is 0 Å². The quantitative estimate of drug-likeness (QED) is 0.140. The number of hydrogen-bond donors (Lipinski definition) is 4. The maximum atomic E-state index is 13.3. The second-order valence-electron chi connectivity index (χ2n) is 20.1. The van der Waals surface area contributed by atoms with Crippen LogP contribution in [0.15, 0.2) is 36.4 Å². The molecule has 0 radical (unpaired) electrons. The molecule has 12 nitrogen and oxygen atoms in total. The van der Waals surface area contributed by atoms with Gasteiger partial charge in [-0.1, -0.05) is 151 Å². The molecule has 0 aromatic heterocycles. The fourth-order valence-corrected chi connectivity index (χ4v) is 10.7. The molecule has 6 rings (SSSR count). The number of anilines is 2. The van der Waals surface area contributed by atoms with E-state index >= 15 is 0 Å². The van der Waals surface area contributed by atoms with Crippen molar-refractivity contribution in [3.8, 4) is 0 Å². The Kier molecular flexibility index (Phi) is 17.2. The van der Waals surface area contributed by atoms with Crippen molar-refractivity contribution in [2.24, 2.45) is 0 Å². The van der Waals surface area contributed by atoms with E-state index in [1.165, 1.54) is 0 Å². The van der Waals surface area contributed by atoms with Crippen LogP contribution in [0.4, 0.5) is 21.0 Å². The number of amides is 6. The summed E-state index contributed by atoms with van der Waals surface area (Å²) in [7, 11) is 0. The molecule has 2 aromatic rings. The van der Waals surface area contributed by atoms with Crippen molar-refractivity contribution in [2.45, 2.75) is 200 Å². The van der Waals surface area contributed by atoms with Gasteiger partial charge in [0.25, 0.3) is 0 Å². The Morgan fingerprint density at radius 1 is 0.571 bits per heavy atom. The molecule has 0 bridgehead atoms. The molecular weight excluding hydrogens is 793 g/mol. The Bertz CT molecular complexity index is 1830. The molecule has 4 fully saturated rings. The number of para-hydroxylation sites is 2. The maximum Gasteiger partial charge on any atom is 0.323 e. The zero-order valence-corrected chi connectivity index (χ0v) is 40.3. The fourth-order valence-electron chi connectivity index (χ4n) is 10.7. The first-order valence-corrected chi connectivity index (χ1v) is 24.3. The molecule has 2 heterocycles. The first-order chi connectivity index (χ1) is 29.9. The number of aliphatic hydroxyl groups is 2. The molecule has 2 aliphatic carbocycles. The molecule has 2 aliphatic heterocycles. The van der Waals surface area contributed by atoms with E-state index in [2.05, 4.69) is 90.3 Å². The average Bonchev–Trinajstić information content (AvgIpc) is 3.64. The molecule has 2 atom stereocenters. The maximum absolute atomic E-state index is 13.3. The van der Waals surface area contributed by atoms with Gasteiger partial charge in [0, 0.05) is 24.5 Å². The van der Waals surface area contributed by atoms with E-state index in [4.69, 9.17) is 0 Å². The molecule has 2 saturated carbocycles. The average molecular weight is 873 g/mol. The number of carbonyl (C=O) groups excluding carboxylic acids is 4. The van der Waals surface area contributed by atoms with Crippen LogP contribution in [0, 0.1) is 0 Å². The standard InChI is InChI=1S/C26H41N3O3.C25H39N3O3/c1-6-11-23(31)29-25(32)28(17-26(29)14-8-7-9-15-26)16-22(30)27-24-20(18(2)3)12-10-13-21(24)19(4)5;1-6-22(30)28-24(31)27(16-25(28)13-8-7-9-14-25)15-21(29)26-23-19(17(2)3)11-10-12-20(23)18(4)5/h10,12-13,18-19,23,31H,6-9,11,14-17H2,1-5H3,(H,27,30);10-12,17-18,22,30H,6-9,13-16H2,1-5H3,(H,26,29). The molecule has 2 aromatic carbocycles. The predicted octanol–water partition coefficient (Wildman–Crippen LogP) is 10.5. The Balaban J connectivity index is 0.000000238. The van der Waals surface area contributed by atoms with Gasteiger partial charge in [0.15, 0.2) is 0 Å². The lowest BCUT2D eigenvalue weighted by Crippen LogP contribution is -2.53. The summed E-state index contributed by atoms with van der Waals surface area (Å²) in [6.07, 6.45) is 10.4.